The average molecular weight is 329 g/mol. The van der Waals surface area contributed by atoms with Gasteiger partial charge in [0, 0.05) is 22.1 Å². The normalized spacial score (nSPS) is 11.0. The molecule has 3 heteroatoms. The SMILES string of the molecule is Cc1ccc(F)c(-c2nc3ccccc3cc2-c2ccccc2O)c1. The van der Waals surface area contributed by atoms with Crippen molar-refractivity contribution in [1.29, 1.82) is 0 Å². The average Bonchev–Trinajstić information content (AvgIpc) is 2.63. The summed E-state index contributed by atoms with van der Waals surface area (Å²) in [5.41, 5.74) is 4.05. The van der Waals surface area contributed by atoms with E-state index in [0.29, 0.717) is 22.4 Å². The van der Waals surface area contributed by atoms with Crippen LogP contribution in [0.15, 0.2) is 72.8 Å². The van der Waals surface area contributed by atoms with Gasteiger partial charge in [0.2, 0.25) is 0 Å². The molecule has 0 saturated heterocycles. The van der Waals surface area contributed by atoms with E-state index in [9.17, 15) is 9.50 Å². The molecule has 122 valence electrons. The molecule has 0 aliphatic rings. The number of phenols is 1. The lowest BCUT2D eigenvalue weighted by molar-refractivity contribution is 0.477. The maximum atomic E-state index is 14.5. The van der Waals surface area contributed by atoms with Crippen LogP contribution in [0.2, 0.25) is 0 Å². The Morgan fingerprint density at radius 1 is 0.800 bits per heavy atom. The van der Waals surface area contributed by atoms with Crippen molar-refractivity contribution in [3.8, 4) is 28.1 Å². The van der Waals surface area contributed by atoms with E-state index >= 15 is 0 Å². The number of aromatic nitrogens is 1. The zero-order valence-electron chi connectivity index (χ0n) is 13.7. The molecule has 0 atom stereocenters. The van der Waals surface area contributed by atoms with Gasteiger partial charge in [-0.1, -0.05) is 48.0 Å². The lowest BCUT2D eigenvalue weighted by Crippen LogP contribution is -1.95. The molecule has 0 aliphatic carbocycles. The molecule has 1 N–H and O–H groups in total. The molecule has 3 aromatic carbocycles. The minimum atomic E-state index is -0.329. The van der Waals surface area contributed by atoms with Gasteiger partial charge in [0.15, 0.2) is 0 Å². The van der Waals surface area contributed by atoms with Gasteiger partial charge in [0.05, 0.1) is 11.2 Å². The fraction of sp³-hybridized carbons (Fsp3) is 0.0455. The van der Waals surface area contributed by atoms with E-state index in [4.69, 9.17) is 4.98 Å². The minimum Gasteiger partial charge on any atom is -0.507 e. The molecule has 0 radical (unpaired) electrons. The molecule has 4 rings (SSSR count). The molecule has 25 heavy (non-hydrogen) atoms. The minimum absolute atomic E-state index is 0.147. The third-order valence-electron chi connectivity index (χ3n) is 4.30. The van der Waals surface area contributed by atoms with Crippen molar-refractivity contribution in [2.24, 2.45) is 0 Å². The largest absolute Gasteiger partial charge is 0.507 e. The second-order valence-corrected chi connectivity index (χ2v) is 6.08. The second-order valence-electron chi connectivity index (χ2n) is 6.08. The summed E-state index contributed by atoms with van der Waals surface area (Å²) in [6.45, 7) is 1.92. The van der Waals surface area contributed by atoms with Gasteiger partial charge in [0.25, 0.3) is 0 Å². The van der Waals surface area contributed by atoms with Crippen LogP contribution >= 0.6 is 0 Å². The Kier molecular flexibility index (Phi) is 3.69. The first-order valence-corrected chi connectivity index (χ1v) is 8.08. The zero-order valence-corrected chi connectivity index (χ0v) is 13.7. The molecule has 0 saturated carbocycles. The Bertz CT molecular complexity index is 1090. The lowest BCUT2D eigenvalue weighted by Gasteiger charge is -2.13. The highest BCUT2D eigenvalue weighted by Gasteiger charge is 2.16. The first kappa shape index (κ1) is 15.3. The quantitative estimate of drug-likeness (QED) is 0.510. The first-order chi connectivity index (χ1) is 12.1. The van der Waals surface area contributed by atoms with Crippen molar-refractivity contribution in [3.63, 3.8) is 0 Å². The van der Waals surface area contributed by atoms with E-state index in [1.807, 2.05) is 49.4 Å². The highest BCUT2D eigenvalue weighted by molar-refractivity contribution is 5.93. The summed E-state index contributed by atoms with van der Waals surface area (Å²) in [6, 6.07) is 21.7. The van der Waals surface area contributed by atoms with Crippen molar-refractivity contribution in [2.75, 3.05) is 0 Å². The number of nitrogens with zero attached hydrogens (tertiary/aromatic N) is 1. The molecular formula is C22H16FNO. The summed E-state index contributed by atoms with van der Waals surface area (Å²) in [5.74, 6) is -0.182. The maximum Gasteiger partial charge on any atom is 0.132 e. The van der Waals surface area contributed by atoms with Crippen LogP contribution in [0.1, 0.15) is 5.56 Å². The molecule has 0 unspecified atom stereocenters. The van der Waals surface area contributed by atoms with Crippen LogP contribution in [-0.2, 0) is 0 Å². The van der Waals surface area contributed by atoms with Crippen molar-refractivity contribution < 1.29 is 9.50 Å². The maximum absolute atomic E-state index is 14.5. The van der Waals surface area contributed by atoms with Gasteiger partial charge >= 0.3 is 0 Å². The number of halogens is 1. The van der Waals surface area contributed by atoms with Crippen molar-refractivity contribution in [2.45, 2.75) is 6.92 Å². The summed E-state index contributed by atoms with van der Waals surface area (Å²) in [4.78, 5) is 4.71. The number of pyridine rings is 1. The van der Waals surface area contributed by atoms with Gasteiger partial charge < -0.3 is 5.11 Å². The summed E-state index contributed by atoms with van der Waals surface area (Å²) in [6.07, 6.45) is 0. The molecule has 0 amide bonds. The molecule has 0 bridgehead atoms. The number of hydrogen-bond donors (Lipinski definition) is 1. The van der Waals surface area contributed by atoms with Gasteiger partial charge in [-0.3, -0.25) is 0 Å². The molecule has 0 aliphatic heterocycles. The summed E-state index contributed by atoms with van der Waals surface area (Å²) >= 11 is 0. The number of hydrogen-bond acceptors (Lipinski definition) is 2. The van der Waals surface area contributed by atoms with E-state index in [1.165, 1.54) is 6.07 Å². The van der Waals surface area contributed by atoms with Crippen LogP contribution in [0.25, 0.3) is 33.3 Å². The Hall–Kier alpha value is -3.20. The number of benzene rings is 3. The number of aromatic hydroxyl groups is 1. The molecule has 1 heterocycles. The van der Waals surface area contributed by atoms with Crippen molar-refractivity contribution >= 4 is 10.9 Å². The fourth-order valence-corrected chi connectivity index (χ4v) is 3.05. The van der Waals surface area contributed by atoms with Gasteiger partial charge in [-0.15, -0.1) is 0 Å². The van der Waals surface area contributed by atoms with Crippen LogP contribution in [0.3, 0.4) is 0 Å². The van der Waals surface area contributed by atoms with E-state index in [1.54, 1.807) is 24.3 Å². The van der Waals surface area contributed by atoms with Crippen LogP contribution in [0.4, 0.5) is 4.39 Å². The second kappa shape index (κ2) is 6.02. The van der Waals surface area contributed by atoms with E-state index in [-0.39, 0.29) is 11.6 Å². The summed E-state index contributed by atoms with van der Waals surface area (Å²) in [5, 5.41) is 11.3. The molecule has 0 spiro atoms. The third kappa shape index (κ3) is 2.74. The summed E-state index contributed by atoms with van der Waals surface area (Å²) in [7, 11) is 0. The zero-order chi connectivity index (χ0) is 17.4. The third-order valence-corrected chi connectivity index (χ3v) is 4.30. The number of phenolic OH excluding ortho intramolecular Hbond substituents is 1. The molecule has 1 aromatic heterocycles. The number of rotatable bonds is 2. The predicted molar refractivity (Wildman–Crippen MR) is 99.0 cm³/mol. The molecule has 4 aromatic rings. The van der Waals surface area contributed by atoms with Gasteiger partial charge in [0.1, 0.15) is 11.6 Å². The van der Waals surface area contributed by atoms with E-state index in [0.717, 1.165) is 16.5 Å². The lowest BCUT2D eigenvalue weighted by atomic mass is 9.96. The highest BCUT2D eigenvalue weighted by Crippen LogP contribution is 2.38. The Balaban J connectivity index is 2.10. The van der Waals surface area contributed by atoms with Gasteiger partial charge in [-0.25, -0.2) is 9.37 Å². The Morgan fingerprint density at radius 2 is 1.56 bits per heavy atom. The molecular weight excluding hydrogens is 313 g/mol. The smallest absolute Gasteiger partial charge is 0.132 e. The number of fused-ring (bicyclic) bond motifs is 1. The Morgan fingerprint density at radius 3 is 2.40 bits per heavy atom. The van der Waals surface area contributed by atoms with Crippen LogP contribution in [0, 0.1) is 12.7 Å². The monoisotopic (exact) mass is 329 g/mol. The standard InChI is InChI=1S/C22H16FNO/c1-14-10-11-19(23)18(12-14)22-17(16-7-3-5-9-21(16)25)13-15-6-2-4-8-20(15)24-22/h2-13,25H,1H3. The fourth-order valence-electron chi connectivity index (χ4n) is 3.05. The van der Waals surface area contributed by atoms with Gasteiger partial charge in [-0.2, -0.15) is 0 Å². The van der Waals surface area contributed by atoms with Crippen molar-refractivity contribution in [1.82, 2.24) is 4.98 Å². The highest BCUT2D eigenvalue weighted by atomic mass is 19.1. The summed E-state index contributed by atoms with van der Waals surface area (Å²) < 4.78 is 14.5. The predicted octanol–water partition coefficient (Wildman–Crippen LogP) is 5.72. The van der Waals surface area contributed by atoms with E-state index < -0.39 is 0 Å². The number of aryl methyl sites for hydroxylation is 1. The van der Waals surface area contributed by atoms with Crippen LogP contribution in [0.5, 0.6) is 5.75 Å². The topological polar surface area (TPSA) is 33.1 Å². The molecule has 0 fully saturated rings. The van der Waals surface area contributed by atoms with Crippen LogP contribution in [-0.4, -0.2) is 10.1 Å². The molecule has 2 nitrogen and oxygen atoms in total. The van der Waals surface area contributed by atoms with Crippen LogP contribution < -0.4 is 0 Å². The van der Waals surface area contributed by atoms with Gasteiger partial charge in [-0.05, 0) is 37.3 Å². The Labute approximate surface area is 145 Å². The van der Waals surface area contributed by atoms with Crippen molar-refractivity contribution in [3.05, 3.63) is 84.2 Å². The first-order valence-electron chi connectivity index (χ1n) is 8.08. The van der Waals surface area contributed by atoms with E-state index in [2.05, 4.69) is 0 Å². The number of para-hydroxylation sites is 2.